The Morgan fingerprint density at radius 2 is 2.12 bits per heavy atom. The number of fused-ring (bicyclic) bond motifs is 1. The highest BCUT2D eigenvalue weighted by molar-refractivity contribution is 9.10. The second-order valence-electron chi connectivity index (χ2n) is 5.48. The van der Waals surface area contributed by atoms with Crippen LogP contribution in [-0.2, 0) is 11.2 Å². The Morgan fingerprint density at radius 3 is 2.77 bits per heavy atom. The maximum Gasteiger partial charge on any atom is 0.343 e. The van der Waals surface area contributed by atoms with Crippen LogP contribution in [-0.4, -0.2) is 22.5 Å². The van der Waals surface area contributed by atoms with Crippen LogP contribution in [0.5, 0.6) is 0 Å². The van der Waals surface area contributed by atoms with E-state index in [1.165, 1.54) is 0 Å². The van der Waals surface area contributed by atoms with Gasteiger partial charge in [-0.05, 0) is 46.6 Å². The first-order valence-electron chi connectivity index (χ1n) is 7.72. The van der Waals surface area contributed by atoms with E-state index in [0.29, 0.717) is 5.69 Å². The lowest BCUT2D eigenvalue weighted by Crippen LogP contribution is -2.19. The van der Waals surface area contributed by atoms with E-state index in [1.807, 2.05) is 0 Å². The van der Waals surface area contributed by atoms with Crippen molar-refractivity contribution in [2.75, 3.05) is 6.61 Å². The monoisotopic (exact) mass is 422 g/mol. The molecule has 0 amide bonds. The third-order valence-corrected chi connectivity index (χ3v) is 4.25. The van der Waals surface area contributed by atoms with Gasteiger partial charge in [-0.15, -0.1) is 0 Å². The zero-order chi connectivity index (χ0) is 18.8. The van der Waals surface area contributed by atoms with Crippen LogP contribution in [0.25, 0.3) is 10.9 Å². The molecule has 0 atom stereocenters. The van der Waals surface area contributed by atoms with Crippen LogP contribution in [0.1, 0.15) is 28.5 Å². The normalized spacial score (nSPS) is 10.9. The van der Waals surface area contributed by atoms with Gasteiger partial charge in [0.2, 0.25) is 5.43 Å². The predicted octanol–water partition coefficient (Wildman–Crippen LogP) is 3.73. The molecule has 0 unspecified atom stereocenters. The number of H-pyrrole nitrogens is 1. The molecule has 3 rings (SSSR count). The van der Waals surface area contributed by atoms with Gasteiger partial charge in [0.25, 0.3) is 0 Å². The zero-order valence-corrected chi connectivity index (χ0v) is 15.2. The minimum atomic E-state index is -0.916. The lowest BCUT2D eigenvalue weighted by Gasteiger charge is -2.09. The summed E-state index contributed by atoms with van der Waals surface area (Å²) in [6.07, 6.45) is 2.64. The summed E-state index contributed by atoms with van der Waals surface area (Å²) in [6, 6.07) is 4.37. The maximum atomic E-state index is 14.8. The Labute approximate surface area is 155 Å². The number of aromatic nitrogens is 2. The second kappa shape index (κ2) is 7.33. The molecule has 8 heteroatoms. The second-order valence-corrected chi connectivity index (χ2v) is 6.39. The van der Waals surface area contributed by atoms with E-state index in [-0.39, 0.29) is 29.7 Å². The molecule has 0 saturated heterocycles. The molecule has 3 aromatic rings. The van der Waals surface area contributed by atoms with E-state index < -0.39 is 28.4 Å². The third kappa shape index (κ3) is 3.37. The largest absolute Gasteiger partial charge is 0.462 e. The molecule has 0 aliphatic carbocycles. The van der Waals surface area contributed by atoms with Crippen LogP contribution in [0.4, 0.5) is 8.78 Å². The Kier molecular flexibility index (Phi) is 5.13. The van der Waals surface area contributed by atoms with E-state index in [4.69, 9.17) is 4.74 Å². The standard InChI is InChI=1S/C18H13BrF2N2O3/c1-2-26-18(25)12-8-23-16-14(17(12)24)13(20)6-9(15(16)21)5-11-4-3-10(19)7-22-11/h3-4,6-8H,2,5H2,1H3,(H,23,24). The van der Waals surface area contributed by atoms with Gasteiger partial charge in [-0.2, -0.15) is 0 Å². The highest BCUT2D eigenvalue weighted by Crippen LogP contribution is 2.23. The number of nitrogens with zero attached hydrogens (tertiary/aromatic N) is 1. The minimum Gasteiger partial charge on any atom is -0.462 e. The molecule has 2 aromatic heterocycles. The number of halogens is 3. The molecule has 0 aliphatic heterocycles. The summed E-state index contributed by atoms with van der Waals surface area (Å²) in [5.74, 6) is -2.57. The number of esters is 1. The molecule has 0 radical (unpaired) electrons. The Morgan fingerprint density at radius 1 is 1.35 bits per heavy atom. The van der Waals surface area contributed by atoms with Crippen LogP contribution in [0.15, 0.2) is 39.9 Å². The number of ether oxygens (including phenoxy) is 1. The summed E-state index contributed by atoms with van der Waals surface area (Å²) in [4.78, 5) is 30.8. The molecule has 2 heterocycles. The van der Waals surface area contributed by atoms with Crippen LogP contribution < -0.4 is 5.43 Å². The summed E-state index contributed by atoms with van der Waals surface area (Å²) in [5.41, 5.74) is -1.00. The molecule has 134 valence electrons. The molecule has 0 fully saturated rings. The molecular weight excluding hydrogens is 410 g/mol. The Hall–Kier alpha value is -2.61. The van der Waals surface area contributed by atoms with Crippen LogP contribution >= 0.6 is 15.9 Å². The number of benzene rings is 1. The lowest BCUT2D eigenvalue weighted by molar-refractivity contribution is 0.0524. The van der Waals surface area contributed by atoms with Crippen molar-refractivity contribution in [2.24, 2.45) is 0 Å². The highest BCUT2D eigenvalue weighted by atomic mass is 79.9. The molecule has 1 N–H and O–H groups in total. The smallest absolute Gasteiger partial charge is 0.343 e. The van der Waals surface area contributed by atoms with Crippen molar-refractivity contribution < 1.29 is 18.3 Å². The zero-order valence-electron chi connectivity index (χ0n) is 13.6. The number of hydrogen-bond acceptors (Lipinski definition) is 4. The molecule has 0 bridgehead atoms. The summed E-state index contributed by atoms with van der Waals surface area (Å²) >= 11 is 3.25. The first kappa shape index (κ1) is 18.2. The number of aromatic amines is 1. The molecular formula is C18H13BrF2N2O3. The average Bonchev–Trinajstić information content (AvgIpc) is 2.61. The van der Waals surface area contributed by atoms with Crippen molar-refractivity contribution in [3.8, 4) is 0 Å². The number of carbonyl (C=O) groups excluding carboxylic acids is 1. The fourth-order valence-electron chi connectivity index (χ4n) is 2.58. The van der Waals surface area contributed by atoms with Gasteiger partial charge in [0.1, 0.15) is 11.4 Å². The summed E-state index contributed by atoms with van der Waals surface area (Å²) in [6.45, 7) is 1.64. The first-order valence-corrected chi connectivity index (χ1v) is 8.51. The molecule has 5 nitrogen and oxygen atoms in total. The number of hydrogen-bond donors (Lipinski definition) is 1. The number of pyridine rings is 2. The van der Waals surface area contributed by atoms with Crippen molar-refractivity contribution in [3.63, 3.8) is 0 Å². The van der Waals surface area contributed by atoms with E-state index in [2.05, 4.69) is 25.9 Å². The number of carbonyl (C=O) groups is 1. The summed E-state index contributed by atoms with van der Waals surface area (Å²) < 4.78 is 34.8. The fraction of sp³-hybridized carbons (Fsp3) is 0.167. The van der Waals surface area contributed by atoms with Gasteiger partial charge in [0.15, 0.2) is 5.82 Å². The maximum absolute atomic E-state index is 14.8. The van der Waals surface area contributed by atoms with Crippen molar-refractivity contribution in [3.05, 3.63) is 73.7 Å². The van der Waals surface area contributed by atoms with Gasteiger partial charge >= 0.3 is 5.97 Å². The van der Waals surface area contributed by atoms with Crippen LogP contribution in [0, 0.1) is 11.6 Å². The van der Waals surface area contributed by atoms with Gasteiger partial charge in [-0.25, -0.2) is 13.6 Å². The van der Waals surface area contributed by atoms with Gasteiger partial charge in [0.05, 0.1) is 17.5 Å². The van der Waals surface area contributed by atoms with Gasteiger partial charge in [-0.3, -0.25) is 9.78 Å². The number of rotatable bonds is 4. The van der Waals surface area contributed by atoms with Crippen LogP contribution in [0.2, 0.25) is 0 Å². The lowest BCUT2D eigenvalue weighted by atomic mass is 10.0. The van der Waals surface area contributed by atoms with Crippen molar-refractivity contribution in [2.45, 2.75) is 13.3 Å². The fourth-order valence-corrected chi connectivity index (χ4v) is 2.81. The first-order chi connectivity index (χ1) is 12.4. The Balaban J connectivity index is 2.11. The van der Waals surface area contributed by atoms with Gasteiger partial charge in [0, 0.05) is 29.0 Å². The summed E-state index contributed by atoms with van der Waals surface area (Å²) in [7, 11) is 0. The third-order valence-electron chi connectivity index (χ3n) is 3.78. The van der Waals surface area contributed by atoms with Crippen molar-refractivity contribution in [1.29, 1.82) is 0 Å². The quantitative estimate of drug-likeness (QED) is 0.650. The predicted molar refractivity (Wildman–Crippen MR) is 95.2 cm³/mol. The average molecular weight is 423 g/mol. The molecule has 0 aliphatic rings. The van der Waals surface area contributed by atoms with E-state index in [9.17, 15) is 18.4 Å². The highest BCUT2D eigenvalue weighted by Gasteiger charge is 2.21. The van der Waals surface area contributed by atoms with Crippen LogP contribution in [0.3, 0.4) is 0 Å². The van der Waals surface area contributed by atoms with E-state index >= 15 is 0 Å². The Bertz CT molecular complexity index is 1050. The molecule has 0 saturated carbocycles. The summed E-state index contributed by atoms with van der Waals surface area (Å²) in [5, 5.41) is -0.513. The molecule has 0 spiro atoms. The van der Waals surface area contributed by atoms with E-state index in [0.717, 1.165) is 16.7 Å². The van der Waals surface area contributed by atoms with Gasteiger partial charge < -0.3 is 9.72 Å². The van der Waals surface area contributed by atoms with E-state index in [1.54, 1.807) is 25.3 Å². The minimum absolute atomic E-state index is 0.0457. The molecule has 26 heavy (non-hydrogen) atoms. The number of nitrogens with one attached hydrogen (secondary N) is 1. The van der Waals surface area contributed by atoms with Gasteiger partial charge in [-0.1, -0.05) is 0 Å². The molecule has 1 aromatic carbocycles. The van der Waals surface area contributed by atoms with Crippen molar-refractivity contribution >= 4 is 32.8 Å². The SMILES string of the molecule is CCOC(=O)c1c[nH]c2c(F)c(Cc3ccc(Br)cn3)cc(F)c2c1=O. The topological polar surface area (TPSA) is 72.1 Å². The van der Waals surface area contributed by atoms with Crippen molar-refractivity contribution in [1.82, 2.24) is 9.97 Å².